The SMILES string of the molecule is CCC(C)Nc1cc(OCC(C)C)nc(C(C)(C)C)n1. The fraction of sp³-hybridized carbons (Fsp3) is 0.750. The number of rotatable bonds is 6. The Bertz CT molecular complexity index is 424. The van der Waals surface area contributed by atoms with E-state index in [2.05, 4.69) is 63.8 Å². The van der Waals surface area contributed by atoms with Crippen LogP contribution in [0.3, 0.4) is 0 Å². The summed E-state index contributed by atoms with van der Waals surface area (Å²) in [6, 6.07) is 2.28. The molecule has 4 heteroatoms. The summed E-state index contributed by atoms with van der Waals surface area (Å²) in [6.45, 7) is 15.6. The Balaban J connectivity index is 3.01. The largest absolute Gasteiger partial charge is 0.477 e. The van der Waals surface area contributed by atoms with E-state index >= 15 is 0 Å². The Morgan fingerprint density at radius 2 is 1.85 bits per heavy atom. The third-order valence-electron chi connectivity index (χ3n) is 2.94. The summed E-state index contributed by atoms with van der Waals surface area (Å²) >= 11 is 0. The van der Waals surface area contributed by atoms with Crippen molar-refractivity contribution in [2.24, 2.45) is 5.92 Å². The molecule has 1 aromatic heterocycles. The van der Waals surface area contributed by atoms with Crippen LogP contribution < -0.4 is 10.1 Å². The van der Waals surface area contributed by atoms with Crippen molar-refractivity contribution in [1.29, 1.82) is 0 Å². The Kier molecular flexibility index (Phi) is 5.78. The van der Waals surface area contributed by atoms with Crippen LogP contribution in [0.4, 0.5) is 5.82 Å². The number of nitrogens with zero attached hydrogens (tertiary/aromatic N) is 2. The minimum Gasteiger partial charge on any atom is -0.477 e. The standard InChI is InChI=1S/C16H29N3O/c1-8-12(4)17-13-9-14(20-10-11(2)3)19-15(18-13)16(5,6)7/h9,11-12H,8,10H2,1-7H3,(H,17,18,19). The molecule has 1 atom stereocenters. The highest BCUT2D eigenvalue weighted by Crippen LogP contribution is 2.24. The van der Waals surface area contributed by atoms with Gasteiger partial charge in [-0.1, -0.05) is 41.5 Å². The highest BCUT2D eigenvalue weighted by atomic mass is 16.5. The smallest absolute Gasteiger partial charge is 0.218 e. The molecule has 1 unspecified atom stereocenters. The van der Waals surface area contributed by atoms with Gasteiger partial charge in [0.2, 0.25) is 5.88 Å². The molecule has 0 spiro atoms. The highest BCUT2D eigenvalue weighted by Gasteiger charge is 2.20. The van der Waals surface area contributed by atoms with E-state index in [4.69, 9.17) is 4.74 Å². The predicted octanol–water partition coefficient (Wildman–Crippen LogP) is 4.02. The average Bonchev–Trinajstić information content (AvgIpc) is 2.35. The van der Waals surface area contributed by atoms with Gasteiger partial charge in [0.15, 0.2) is 0 Å². The second-order valence-corrected chi connectivity index (χ2v) is 6.82. The first-order valence-corrected chi connectivity index (χ1v) is 7.51. The van der Waals surface area contributed by atoms with Gasteiger partial charge in [0.05, 0.1) is 6.61 Å². The lowest BCUT2D eigenvalue weighted by atomic mass is 9.96. The molecule has 1 N–H and O–H groups in total. The first-order chi connectivity index (χ1) is 9.22. The first kappa shape index (κ1) is 16.7. The maximum Gasteiger partial charge on any atom is 0.218 e. The van der Waals surface area contributed by atoms with Crippen molar-refractivity contribution in [1.82, 2.24) is 9.97 Å². The molecule has 0 amide bonds. The maximum atomic E-state index is 5.77. The van der Waals surface area contributed by atoms with Gasteiger partial charge in [-0.05, 0) is 19.3 Å². The van der Waals surface area contributed by atoms with Crippen LogP contribution in [0.2, 0.25) is 0 Å². The predicted molar refractivity (Wildman–Crippen MR) is 84.4 cm³/mol. The van der Waals surface area contributed by atoms with E-state index < -0.39 is 0 Å². The minimum atomic E-state index is -0.0942. The lowest BCUT2D eigenvalue weighted by Gasteiger charge is -2.20. The first-order valence-electron chi connectivity index (χ1n) is 7.51. The number of nitrogens with one attached hydrogen (secondary N) is 1. The quantitative estimate of drug-likeness (QED) is 0.854. The summed E-state index contributed by atoms with van der Waals surface area (Å²) in [5.74, 6) is 2.79. The van der Waals surface area contributed by atoms with Crippen LogP contribution >= 0.6 is 0 Å². The van der Waals surface area contributed by atoms with Gasteiger partial charge in [0.1, 0.15) is 11.6 Å². The highest BCUT2D eigenvalue weighted by molar-refractivity contribution is 5.40. The number of anilines is 1. The van der Waals surface area contributed by atoms with Gasteiger partial charge in [0.25, 0.3) is 0 Å². The monoisotopic (exact) mass is 279 g/mol. The zero-order valence-electron chi connectivity index (χ0n) is 13.9. The van der Waals surface area contributed by atoms with Crippen LogP contribution in [-0.2, 0) is 5.41 Å². The second-order valence-electron chi connectivity index (χ2n) is 6.82. The van der Waals surface area contributed by atoms with E-state index in [0.717, 1.165) is 18.1 Å². The van der Waals surface area contributed by atoms with Gasteiger partial charge in [-0.25, -0.2) is 4.98 Å². The molecule has 0 bridgehead atoms. The topological polar surface area (TPSA) is 47.0 Å². The fourth-order valence-electron chi connectivity index (χ4n) is 1.51. The molecule has 1 aromatic rings. The summed E-state index contributed by atoms with van der Waals surface area (Å²) in [6.07, 6.45) is 1.05. The van der Waals surface area contributed by atoms with E-state index in [9.17, 15) is 0 Å². The van der Waals surface area contributed by atoms with Gasteiger partial charge in [-0.3, -0.25) is 0 Å². The minimum absolute atomic E-state index is 0.0942. The van der Waals surface area contributed by atoms with Crippen molar-refractivity contribution in [3.63, 3.8) is 0 Å². The van der Waals surface area contributed by atoms with Gasteiger partial charge in [-0.2, -0.15) is 4.98 Å². The molecule has 20 heavy (non-hydrogen) atoms. The molecule has 1 heterocycles. The molecule has 1 rings (SSSR count). The van der Waals surface area contributed by atoms with Crippen LogP contribution in [0.15, 0.2) is 6.07 Å². The van der Waals surface area contributed by atoms with E-state index in [1.807, 2.05) is 6.07 Å². The molecule has 114 valence electrons. The number of aromatic nitrogens is 2. The molecule has 4 nitrogen and oxygen atoms in total. The Morgan fingerprint density at radius 3 is 2.35 bits per heavy atom. The number of hydrogen-bond donors (Lipinski definition) is 1. The van der Waals surface area contributed by atoms with E-state index in [0.29, 0.717) is 24.4 Å². The molecule has 0 saturated carbocycles. The summed E-state index contributed by atoms with van der Waals surface area (Å²) in [4.78, 5) is 9.15. The Hall–Kier alpha value is -1.32. The zero-order chi connectivity index (χ0) is 15.3. The summed E-state index contributed by atoms with van der Waals surface area (Å²) < 4.78 is 5.77. The average molecular weight is 279 g/mol. The van der Waals surface area contributed by atoms with Crippen molar-refractivity contribution in [2.75, 3.05) is 11.9 Å². The van der Waals surface area contributed by atoms with Crippen LogP contribution in [0.1, 0.15) is 60.7 Å². The molecule has 0 fully saturated rings. The van der Waals surface area contributed by atoms with Crippen LogP contribution in [-0.4, -0.2) is 22.6 Å². The van der Waals surface area contributed by atoms with E-state index in [1.165, 1.54) is 0 Å². The van der Waals surface area contributed by atoms with Crippen molar-refractivity contribution < 1.29 is 4.74 Å². The van der Waals surface area contributed by atoms with Crippen LogP contribution in [0.5, 0.6) is 5.88 Å². The van der Waals surface area contributed by atoms with Crippen molar-refractivity contribution in [2.45, 2.75) is 66.3 Å². The molecule has 0 aliphatic rings. The Morgan fingerprint density at radius 1 is 1.20 bits per heavy atom. The summed E-state index contributed by atoms with van der Waals surface area (Å²) in [7, 11) is 0. The molecule has 0 aliphatic carbocycles. The lowest BCUT2D eigenvalue weighted by Crippen LogP contribution is -2.21. The molecule has 0 aromatic carbocycles. The molecular formula is C16H29N3O. The molecule has 0 aliphatic heterocycles. The molecular weight excluding hydrogens is 250 g/mol. The van der Waals surface area contributed by atoms with Crippen molar-refractivity contribution in [3.8, 4) is 5.88 Å². The zero-order valence-corrected chi connectivity index (χ0v) is 13.9. The van der Waals surface area contributed by atoms with Gasteiger partial charge < -0.3 is 10.1 Å². The van der Waals surface area contributed by atoms with Gasteiger partial charge >= 0.3 is 0 Å². The molecule has 0 saturated heterocycles. The van der Waals surface area contributed by atoms with Gasteiger partial charge in [-0.15, -0.1) is 0 Å². The van der Waals surface area contributed by atoms with Crippen molar-refractivity contribution in [3.05, 3.63) is 11.9 Å². The summed E-state index contributed by atoms with van der Waals surface area (Å²) in [5.41, 5.74) is -0.0942. The maximum absolute atomic E-state index is 5.77. The lowest BCUT2D eigenvalue weighted by molar-refractivity contribution is 0.259. The van der Waals surface area contributed by atoms with Crippen LogP contribution in [0, 0.1) is 5.92 Å². The normalized spacial score (nSPS) is 13.4. The third-order valence-corrected chi connectivity index (χ3v) is 2.94. The third kappa shape index (κ3) is 5.35. The fourth-order valence-corrected chi connectivity index (χ4v) is 1.51. The Labute approximate surface area is 123 Å². The second kappa shape index (κ2) is 6.91. The number of hydrogen-bond acceptors (Lipinski definition) is 4. The summed E-state index contributed by atoms with van der Waals surface area (Å²) in [5, 5.41) is 3.40. The number of ether oxygens (including phenoxy) is 1. The van der Waals surface area contributed by atoms with E-state index in [-0.39, 0.29) is 5.41 Å². The van der Waals surface area contributed by atoms with Crippen LogP contribution in [0.25, 0.3) is 0 Å². The van der Waals surface area contributed by atoms with E-state index in [1.54, 1.807) is 0 Å². The van der Waals surface area contributed by atoms with Crippen molar-refractivity contribution >= 4 is 5.82 Å². The van der Waals surface area contributed by atoms with Gasteiger partial charge in [0, 0.05) is 17.5 Å². The molecule has 0 radical (unpaired) electrons.